The number of hydrogen-bond donors (Lipinski definition) is 1. The average molecular weight is 351 g/mol. The third kappa shape index (κ3) is 4.94. The van der Waals surface area contributed by atoms with E-state index in [2.05, 4.69) is 22.0 Å². The van der Waals surface area contributed by atoms with Gasteiger partial charge < -0.3 is 15.1 Å². The molecular weight excluding hydrogens is 316 g/mol. The highest BCUT2D eigenvalue weighted by Gasteiger charge is 2.31. The second-order valence-corrected chi connectivity index (χ2v) is 7.92. The average Bonchev–Trinajstić information content (AvgIpc) is 2.92. The van der Waals surface area contributed by atoms with Crippen molar-refractivity contribution in [2.24, 2.45) is 5.92 Å². The molecule has 0 aromatic carbocycles. The normalized spacial score (nSPS) is 27.2. The van der Waals surface area contributed by atoms with Crippen LogP contribution in [-0.2, 0) is 9.59 Å². The number of hydrogen-bond acceptors (Lipinski definition) is 4. The molecule has 3 aliphatic heterocycles. The number of amides is 2. The van der Waals surface area contributed by atoms with E-state index in [1.54, 1.807) is 0 Å². The van der Waals surface area contributed by atoms with E-state index >= 15 is 0 Å². The van der Waals surface area contributed by atoms with Crippen molar-refractivity contribution in [1.29, 1.82) is 0 Å². The Hall–Kier alpha value is -1.14. The van der Waals surface area contributed by atoms with Crippen LogP contribution in [0.2, 0.25) is 0 Å². The summed E-state index contributed by atoms with van der Waals surface area (Å²) in [6.45, 7) is 8.89. The molecule has 0 bridgehead atoms. The maximum absolute atomic E-state index is 12.7. The van der Waals surface area contributed by atoms with E-state index in [9.17, 15) is 9.59 Å². The lowest BCUT2D eigenvalue weighted by atomic mass is 9.95. The van der Waals surface area contributed by atoms with Gasteiger partial charge in [0.25, 0.3) is 0 Å². The summed E-state index contributed by atoms with van der Waals surface area (Å²) < 4.78 is 0. The van der Waals surface area contributed by atoms with Crippen LogP contribution in [0.4, 0.5) is 0 Å². The summed E-state index contributed by atoms with van der Waals surface area (Å²) in [4.78, 5) is 31.7. The molecule has 0 aromatic heterocycles. The van der Waals surface area contributed by atoms with Crippen molar-refractivity contribution in [2.45, 2.75) is 51.5 Å². The van der Waals surface area contributed by atoms with Crippen LogP contribution in [0.15, 0.2) is 0 Å². The monoisotopic (exact) mass is 350 g/mol. The van der Waals surface area contributed by atoms with Crippen LogP contribution in [0.1, 0.15) is 45.4 Å². The molecule has 0 aliphatic carbocycles. The van der Waals surface area contributed by atoms with Gasteiger partial charge in [-0.25, -0.2) is 0 Å². The molecule has 6 nitrogen and oxygen atoms in total. The van der Waals surface area contributed by atoms with Crippen molar-refractivity contribution in [3.8, 4) is 0 Å². The van der Waals surface area contributed by atoms with Gasteiger partial charge in [0.05, 0.1) is 6.54 Å². The molecule has 25 heavy (non-hydrogen) atoms. The highest BCUT2D eigenvalue weighted by Crippen LogP contribution is 2.22. The molecule has 3 aliphatic rings. The van der Waals surface area contributed by atoms with Crippen LogP contribution in [0.5, 0.6) is 0 Å². The van der Waals surface area contributed by atoms with Gasteiger partial charge in [0.1, 0.15) is 0 Å². The predicted molar refractivity (Wildman–Crippen MR) is 98.3 cm³/mol. The van der Waals surface area contributed by atoms with Gasteiger partial charge in [-0.1, -0.05) is 12.8 Å². The largest absolute Gasteiger partial charge is 0.342 e. The molecule has 0 spiro atoms. The molecule has 0 aromatic rings. The van der Waals surface area contributed by atoms with E-state index in [-0.39, 0.29) is 11.8 Å². The summed E-state index contributed by atoms with van der Waals surface area (Å²) >= 11 is 0. The van der Waals surface area contributed by atoms with Crippen LogP contribution in [0, 0.1) is 5.92 Å². The molecule has 142 valence electrons. The second kappa shape index (κ2) is 8.99. The van der Waals surface area contributed by atoms with E-state index in [0.29, 0.717) is 18.5 Å². The summed E-state index contributed by atoms with van der Waals surface area (Å²) in [5.41, 5.74) is 0. The van der Waals surface area contributed by atoms with Gasteiger partial charge in [-0.15, -0.1) is 0 Å². The van der Waals surface area contributed by atoms with Crippen LogP contribution < -0.4 is 5.32 Å². The Kier molecular flexibility index (Phi) is 6.70. The molecule has 0 unspecified atom stereocenters. The maximum Gasteiger partial charge on any atom is 0.236 e. The molecule has 1 N–H and O–H groups in total. The number of likely N-dealkylation sites (tertiary alicyclic amines) is 2. The number of piperazine rings is 1. The fourth-order valence-corrected chi connectivity index (χ4v) is 4.32. The first-order valence-electron chi connectivity index (χ1n) is 10.2. The summed E-state index contributed by atoms with van der Waals surface area (Å²) in [7, 11) is 0. The molecule has 2 amide bonds. The Morgan fingerprint density at radius 3 is 2.24 bits per heavy atom. The third-order valence-corrected chi connectivity index (χ3v) is 6.09. The number of carbonyl (C=O) groups is 2. The van der Waals surface area contributed by atoms with E-state index in [1.807, 2.05) is 4.90 Å². The topological polar surface area (TPSA) is 55.9 Å². The number of nitrogens with one attached hydrogen (secondary N) is 1. The Balaban J connectivity index is 1.44. The number of nitrogens with zero attached hydrogens (tertiary/aromatic N) is 3. The zero-order chi connectivity index (χ0) is 17.6. The Bertz CT molecular complexity index is 454. The molecule has 1 atom stereocenters. The summed E-state index contributed by atoms with van der Waals surface area (Å²) in [5.74, 6) is 0.694. The van der Waals surface area contributed by atoms with E-state index in [0.717, 1.165) is 71.5 Å². The molecule has 0 saturated carbocycles. The quantitative estimate of drug-likeness (QED) is 0.822. The fraction of sp³-hybridized carbons (Fsp3) is 0.895. The molecule has 3 heterocycles. The van der Waals surface area contributed by atoms with Crippen molar-refractivity contribution in [3.63, 3.8) is 0 Å². The Labute approximate surface area is 151 Å². The maximum atomic E-state index is 12.7. The van der Waals surface area contributed by atoms with Gasteiger partial charge >= 0.3 is 0 Å². The van der Waals surface area contributed by atoms with Crippen LogP contribution >= 0.6 is 0 Å². The lowest BCUT2D eigenvalue weighted by molar-refractivity contribution is -0.141. The predicted octanol–water partition coefficient (Wildman–Crippen LogP) is 0.921. The van der Waals surface area contributed by atoms with Gasteiger partial charge in [-0.05, 0) is 32.6 Å². The highest BCUT2D eigenvalue weighted by atomic mass is 16.2. The first-order chi connectivity index (χ1) is 12.1. The summed E-state index contributed by atoms with van der Waals surface area (Å²) in [5, 5.41) is 3.36. The van der Waals surface area contributed by atoms with Crippen molar-refractivity contribution < 1.29 is 9.59 Å². The van der Waals surface area contributed by atoms with E-state index < -0.39 is 0 Å². The van der Waals surface area contributed by atoms with Crippen LogP contribution in [-0.4, -0.2) is 84.9 Å². The summed E-state index contributed by atoms with van der Waals surface area (Å²) in [6.07, 6.45) is 6.45. The van der Waals surface area contributed by atoms with Gasteiger partial charge in [0.2, 0.25) is 11.8 Å². The van der Waals surface area contributed by atoms with Gasteiger partial charge in [-0.2, -0.15) is 0 Å². The second-order valence-electron chi connectivity index (χ2n) is 7.92. The van der Waals surface area contributed by atoms with Crippen molar-refractivity contribution >= 4 is 11.8 Å². The SMILES string of the molecule is C[C@@H]1CNCCN1CC(=O)N1CCC(C(=O)N2CCCCCC2)CC1. The number of piperidine rings is 1. The Morgan fingerprint density at radius 2 is 1.60 bits per heavy atom. The fourth-order valence-electron chi connectivity index (χ4n) is 4.32. The molecule has 3 rings (SSSR count). The minimum Gasteiger partial charge on any atom is -0.342 e. The lowest BCUT2D eigenvalue weighted by Crippen LogP contribution is -2.54. The Morgan fingerprint density at radius 1 is 0.920 bits per heavy atom. The zero-order valence-corrected chi connectivity index (χ0v) is 15.7. The van der Waals surface area contributed by atoms with Crippen molar-refractivity contribution in [1.82, 2.24) is 20.0 Å². The standard InChI is InChI=1S/C19H34N4O2/c1-16-14-20-8-13-23(16)15-18(24)21-11-6-17(7-12-21)19(25)22-9-4-2-3-5-10-22/h16-17,20H,2-15H2,1H3/t16-/m1/s1. The minimum absolute atomic E-state index is 0.125. The van der Waals surface area contributed by atoms with Crippen molar-refractivity contribution in [2.75, 3.05) is 52.4 Å². The molecule has 0 radical (unpaired) electrons. The number of carbonyl (C=O) groups excluding carboxylic acids is 2. The first-order valence-corrected chi connectivity index (χ1v) is 10.2. The first kappa shape index (κ1) is 18.6. The van der Waals surface area contributed by atoms with E-state index in [4.69, 9.17) is 0 Å². The van der Waals surface area contributed by atoms with Gasteiger partial charge in [0.15, 0.2) is 0 Å². The zero-order valence-electron chi connectivity index (χ0n) is 15.7. The molecule has 3 fully saturated rings. The summed E-state index contributed by atoms with van der Waals surface area (Å²) in [6, 6.07) is 0.417. The van der Waals surface area contributed by atoms with Gasteiger partial charge in [0, 0.05) is 57.8 Å². The number of rotatable bonds is 3. The molecule has 6 heteroatoms. The lowest BCUT2D eigenvalue weighted by Gasteiger charge is -2.37. The van der Waals surface area contributed by atoms with Crippen LogP contribution in [0.3, 0.4) is 0 Å². The molecule has 3 saturated heterocycles. The van der Waals surface area contributed by atoms with Crippen LogP contribution in [0.25, 0.3) is 0 Å². The third-order valence-electron chi connectivity index (χ3n) is 6.09. The molecular formula is C19H34N4O2. The van der Waals surface area contributed by atoms with Gasteiger partial charge in [-0.3, -0.25) is 14.5 Å². The van der Waals surface area contributed by atoms with Crippen molar-refractivity contribution in [3.05, 3.63) is 0 Å². The smallest absolute Gasteiger partial charge is 0.236 e. The van der Waals surface area contributed by atoms with E-state index in [1.165, 1.54) is 12.8 Å². The highest BCUT2D eigenvalue weighted by molar-refractivity contribution is 5.81. The minimum atomic E-state index is 0.125.